The van der Waals surface area contributed by atoms with Crippen molar-refractivity contribution >= 4 is 40.4 Å². The zero-order valence-corrected chi connectivity index (χ0v) is 32.8. The number of ether oxygens (including phenoxy) is 2. The van der Waals surface area contributed by atoms with Crippen LogP contribution in [0.1, 0.15) is 91.2 Å². The van der Waals surface area contributed by atoms with Crippen LogP contribution in [0, 0.1) is 0 Å². The van der Waals surface area contributed by atoms with Gasteiger partial charge in [-0.1, -0.05) is 53.7 Å². The molecule has 0 aliphatic carbocycles. The van der Waals surface area contributed by atoms with Gasteiger partial charge in [0, 0.05) is 21.6 Å². The number of methoxy groups -OCH3 is 2. The molecule has 0 aromatic heterocycles. The van der Waals surface area contributed by atoms with Crippen molar-refractivity contribution in [2.45, 2.75) is 80.1 Å². The molecule has 1 aromatic rings. The Morgan fingerprint density at radius 3 is 1.27 bits per heavy atom. The van der Waals surface area contributed by atoms with Crippen LogP contribution >= 0.6 is 0 Å². The maximum absolute atomic E-state index is 13.4. The summed E-state index contributed by atoms with van der Waals surface area (Å²) in [5, 5.41) is 26.6. The van der Waals surface area contributed by atoms with Gasteiger partial charge >= 0.3 is 19.5 Å². The van der Waals surface area contributed by atoms with Crippen LogP contribution in [0.5, 0.6) is 0 Å². The van der Waals surface area contributed by atoms with Gasteiger partial charge in [-0.3, -0.25) is 0 Å². The van der Waals surface area contributed by atoms with E-state index in [1.165, 1.54) is 30.9 Å². The van der Waals surface area contributed by atoms with Gasteiger partial charge < -0.3 is 19.7 Å². The Bertz CT molecular complexity index is 2110. The van der Waals surface area contributed by atoms with Crippen molar-refractivity contribution in [3.05, 3.63) is 109 Å². The first kappa shape index (κ1) is 35.9. The molecule has 0 unspecified atom stereocenters. The van der Waals surface area contributed by atoms with Crippen LogP contribution in [-0.4, -0.2) is 37.1 Å². The van der Waals surface area contributed by atoms with Crippen molar-refractivity contribution in [1.29, 1.82) is 0 Å². The van der Waals surface area contributed by atoms with Gasteiger partial charge in [0.05, 0.1) is 57.5 Å². The average molecular weight is 708 g/mol. The molecule has 8 nitrogen and oxygen atoms in total. The molecule has 5 aliphatic rings. The molecule has 8 bridgehead atoms. The Labute approximate surface area is 301 Å². The first-order chi connectivity index (χ1) is 23.3. The summed E-state index contributed by atoms with van der Waals surface area (Å²) in [7, 11) is 2.61. The summed E-state index contributed by atoms with van der Waals surface area (Å²) in [6, 6.07) is 3.43. The van der Waals surface area contributed by atoms with Crippen LogP contribution in [0.3, 0.4) is 0 Å². The molecular formula is C40H42N4O4Zn. The van der Waals surface area contributed by atoms with Gasteiger partial charge in [0.25, 0.3) is 0 Å². The fourth-order valence-corrected chi connectivity index (χ4v) is 7.46. The van der Waals surface area contributed by atoms with Crippen molar-refractivity contribution < 1.29 is 39.2 Å². The van der Waals surface area contributed by atoms with Crippen LogP contribution in [0.15, 0.2) is 107 Å². The van der Waals surface area contributed by atoms with Gasteiger partial charge in [-0.05, 0) is 110 Å². The summed E-state index contributed by atoms with van der Waals surface area (Å²) in [4.78, 5) is 20.7. The van der Waals surface area contributed by atoms with E-state index in [0.717, 1.165) is 89.5 Å². The van der Waals surface area contributed by atoms with E-state index in [0.29, 0.717) is 22.5 Å². The van der Waals surface area contributed by atoms with E-state index in [-0.39, 0.29) is 29.9 Å². The standard InChI is InChI=1S/C40H44N4O4.Zn/c1-9-21-22(10-2)30-18-32-25(13-5)26(14-6)34(43-32)20-36-37-27(15-16-28(39(45)47-7)38(37)40(46)48-8)35(44-36)19-33-24(12-4)23(11-3)31(42-33)17-29(21)41-30;/h15-20,45-46H,9-14H2,1-8H3;/q;+2/p-2/b29-17?,30-18?,31-17?,32-18?,33-19?,34-20?,35-19?,36-20?,39-28+,40-38+;. The minimum absolute atomic E-state index is 0. The minimum atomic E-state index is -0.641. The minimum Gasteiger partial charge on any atom is -0.616 e. The summed E-state index contributed by atoms with van der Waals surface area (Å²) >= 11 is 0. The van der Waals surface area contributed by atoms with E-state index in [4.69, 9.17) is 29.4 Å². The van der Waals surface area contributed by atoms with Gasteiger partial charge in [-0.15, -0.1) is 0 Å². The van der Waals surface area contributed by atoms with Gasteiger partial charge in [-0.2, -0.15) is 0 Å². The molecule has 248 valence electrons. The Balaban J connectivity index is 0.00000468. The van der Waals surface area contributed by atoms with Crippen molar-refractivity contribution in [2.75, 3.05) is 14.2 Å². The SMILES string of the molecule is CCC1=C(CC)C2=NC1=CC1=NC(=CC3=NC(=CC4=NC(=C2)C(CC)=C4CC)c2ccc(=C(/[O-])OC)/c(=C(/[O-])OC)c23)C(CC)=C1CC.[Zn+2]. The number of benzene rings is 1. The van der Waals surface area contributed by atoms with Crippen molar-refractivity contribution in [3.63, 3.8) is 0 Å². The Hall–Kier alpha value is -4.36. The van der Waals surface area contributed by atoms with Gasteiger partial charge in [0.1, 0.15) is 0 Å². The number of fused-ring (bicyclic) bond motifs is 7. The van der Waals surface area contributed by atoms with Crippen LogP contribution < -0.4 is 20.7 Å². The second-order valence-corrected chi connectivity index (χ2v) is 12.0. The van der Waals surface area contributed by atoms with Crippen molar-refractivity contribution in [3.8, 4) is 0 Å². The maximum Gasteiger partial charge on any atom is 2.00 e. The van der Waals surface area contributed by atoms with Gasteiger partial charge in [0.2, 0.25) is 0 Å². The predicted octanol–water partition coefficient (Wildman–Crippen LogP) is 5.35. The van der Waals surface area contributed by atoms with E-state index >= 15 is 0 Å². The molecule has 0 atom stereocenters. The third kappa shape index (κ3) is 5.96. The van der Waals surface area contributed by atoms with Gasteiger partial charge in [0.15, 0.2) is 0 Å². The molecule has 6 rings (SSSR count). The number of rotatable bonds is 8. The normalized spacial score (nSPS) is 19.3. The number of aliphatic imine (C=N–C) groups is 4. The number of hydrogen-bond donors (Lipinski definition) is 0. The molecule has 5 heterocycles. The topological polar surface area (TPSA) is 114 Å². The molecule has 49 heavy (non-hydrogen) atoms. The Morgan fingerprint density at radius 1 is 0.510 bits per heavy atom. The fraction of sp³-hybridized carbons (Fsp3) is 0.350. The van der Waals surface area contributed by atoms with E-state index in [1.807, 2.05) is 18.2 Å². The molecule has 0 amide bonds. The van der Waals surface area contributed by atoms with Crippen LogP contribution in [0.4, 0.5) is 0 Å². The summed E-state index contributed by atoms with van der Waals surface area (Å²) in [6.45, 7) is 12.9. The smallest absolute Gasteiger partial charge is 0.616 e. The Kier molecular flexibility index (Phi) is 10.7. The largest absolute Gasteiger partial charge is 2.00 e. The summed E-state index contributed by atoms with van der Waals surface area (Å²) < 4.78 is 10.3. The zero-order chi connectivity index (χ0) is 34.3. The monoisotopic (exact) mass is 706 g/mol. The van der Waals surface area contributed by atoms with Crippen molar-refractivity contribution in [1.82, 2.24) is 0 Å². The molecule has 0 radical (unpaired) electrons. The van der Waals surface area contributed by atoms with Crippen molar-refractivity contribution in [2.24, 2.45) is 20.0 Å². The number of allylic oxidation sites excluding steroid dienone is 10. The predicted molar refractivity (Wildman–Crippen MR) is 190 cm³/mol. The molecule has 0 spiro atoms. The Morgan fingerprint density at radius 2 is 0.878 bits per heavy atom. The molecular weight excluding hydrogens is 666 g/mol. The molecule has 0 N–H and O–H groups in total. The van der Waals surface area contributed by atoms with E-state index in [9.17, 15) is 10.2 Å². The fourth-order valence-electron chi connectivity index (χ4n) is 7.46. The van der Waals surface area contributed by atoms with Crippen LogP contribution in [-0.2, 0) is 29.0 Å². The third-order valence-electron chi connectivity index (χ3n) is 9.66. The molecule has 0 saturated heterocycles. The number of hydrogen-bond acceptors (Lipinski definition) is 8. The molecule has 0 saturated carbocycles. The van der Waals surface area contributed by atoms with E-state index < -0.39 is 11.9 Å². The molecule has 9 heteroatoms. The van der Waals surface area contributed by atoms with E-state index in [1.54, 1.807) is 6.07 Å². The average Bonchev–Trinajstić information content (AvgIpc) is 3.82. The first-order valence-electron chi connectivity index (χ1n) is 17.0. The molecule has 5 aliphatic heterocycles. The van der Waals surface area contributed by atoms with Crippen LogP contribution in [0.2, 0.25) is 0 Å². The molecule has 1 aromatic carbocycles. The second kappa shape index (κ2) is 14.6. The van der Waals surface area contributed by atoms with E-state index in [2.05, 4.69) is 53.7 Å². The maximum atomic E-state index is 13.4. The van der Waals surface area contributed by atoms with Gasteiger partial charge in [-0.25, -0.2) is 20.0 Å². The first-order valence-corrected chi connectivity index (χ1v) is 17.0. The molecule has 0 fully saturated rings. The third-order valence-corrected chi connectivity index (χ3v) is 9.66. The second-order valence-electron chi connectivity index (χ2n) is 12.0. The number of nitrogens with zero attached hydrogens (tertiary/aromatic N) is 4. The zero-order valence-electron chi connectivity index (χ0n) is 29.8. The summed E-state index contributed by atoms with van der Waals surface area (Å²) in [5.41, 5.74) is 14.8. The summed E-state index contributed by atoms with van der Waals surface area (Å²) in [6.07, 6.45) is 13.1. The van der Waals surface area contributed by atoms with Crippen LogP contribution in [0.25, 0.3) is 17.6 Å². The summed E-state index contributed by atoms with van der Waals surface area (Å²) in [5.74, 6) is -1.27. The quantitative estimate of drug-likeness (QED) is 0.339.